The lowest BCUT2D eigenvalue weighted by Gasteiger charge is -2.02. The average molecular weight is 255 g/mol. The molecule has 0 saturated heterocycles. The Morgan fingerprint density at radius 2 is 1.95 bits per heavy atom. The van der Waals surface area contributed by atoms with Crippen LogP contribution in [0.2, 0.25) is 0 Å². The van der Waals surface area contributed by atoms with Crippen molar-refractivity contribution >= 4 is 0 Å². The number of benzene rings is 1. The van der Waals surface area contributed by atoms with Gasteiger partial charge in [-0.1, -0.05) is 29.8 Å². The van der Waals surface area contributed by atoms with Crippen LogP contribution in [0.5, 0.6) is 0 Å². The summed E-state index contributed by atoms with van der Waals surface area (Å²) in [4.78, 5) is 0. The van der Waals surface area contributed by atoms with Crippen molar-refractivity contribution in [1.82, 2.24) is 15.1 Å². The standard InChI is InChI=1S/C16H21N3/c1-12-3-5-14(6-4-12)10-19-11-15(13(2)18-19)9-17-16-7-8-16/h3-6,11,16-17H,7-10H2,1-2H3. The summed E-state index contributed by atoms with van der Waals surface area (Å²) in [5.74, 6) is 0. The number of aryl methyl sites for hydroxylation is 2. The number of nitrogens with zero attached hydrogens (tertiary/aromatic N) is 2. The Balaban J connectivity index is 1.66. The maximum Gasteiger partial charge on any atom is 0.0659 e. The van der Waals surface area contributed by atoms with Crippen LogP contribution in [0.15, 0.2) is 30.5 Å². The molecule has 1 aromatic heterocycles. The summed E-state index contributed by atoms with van der Waals surface area (Å²) < 4.78 is 2.05. The molecular formula is C16H21N3. The Hall–Kier alpha value is -1.61. The molecule has 1 heterocycles. The van der Waals surface area contributed by atoms with Crippen LogP contribution in [0, 0.1) is 13.8 Å². The highest BCUT2D eigenvalue weighted by Crippen LogP contribution is 2.19. The summed E-state index contributed by atoms with van der Waals surface area (Å²) in [6, 6.07) is 9.41. The van der Waals surface area contributed by atoms with Gasteiger partial charge in [-0.25, -0.2) is 0 Å². The third-order valence-corrected chi connectivity index (χ3v) is 3.67. The maximum atomic E-state index is 4.60. The van der Waals surface area contributed by atoms with E-state index in [1.807, 2.05) is 4.68 Å². The number of nitrogens with one attached hydrogen (secondary N) is 1. The molecule has 1 saturated carbocycles. The second-order valence-electron chi connectivity index (χ2n) is 5.58. The molecular weight excluding hydrogens is 234 g/mol. The fourth-order valence-corrected chi connectivity index (χ4v) is 2.24. The summed E-state index contributed by atoms with van der Waals surface area (Å²) in [7, 11) is 0. The van der Waals surface area contributed by atoms with Crippen molar-refractivity contribution in [2.75, 3.05) is 0 Å². The molecule has 2 aromatic rings. The van der Waals surface area contributed by atoms with Gasteiger partial charge in [0.25, 0.3) is 0 Å². The van der Waals surface area contributed by atoms with E-state index in [2.05, 4.69) is 54.7 Å². The summed E-state index contributed by atoms with van der Waals surface area (Å²) in [6.45, 7) is 6.01. The molecule has 3 rings (SSSR count). The predicted molar refractivity (Wildman–Crippen MR) is 77.1 cm³/mol. The van der Waals surface area contributed by atoms with E-state index in [0.717, 1.165) is 24.8 Å². The Labute approximate surface area is 114 Å². The summed E-state index contributed by atoms with van der Waals surface area (Å²) in [6.07, 6.45) is 4.83. The number of hydrogen-bond donors (Lipinski definition) is 1. The van der Waals surface area contributed by atoms with Crippen LogP contribution in [0.25, 0.3) is 0 Å². The molecule has 0 bridgehead atoms. The molecule has 1 fully saturated rings. The maximum absolute atomic E-state index is 4.60. The lowest BCUT2D eigenvalue weighted by Crippen LogP contribution is -2.15. The Morgan fingerprint density at radius 1 is 1.21 bits per heavy atom. The first-order valence-electron chi connectivity index (χ1n) is 7.02. The quantitative estimate of drug-likeness (QED) is 0.890. The van der Waals surface area contributed by atoms with Crippen LogP contribution in [0.1, 0.15) is 35.2 Å². The van der Waals surface area contributed by atoms with Crippen molar-refractivity contribution in [2.24, 2.45) is 0 Å². The summed E-state index contributed by atoms with van der Waals surface area (Å²) in [5, 5.41) is 8.15. The van der Waals surface area contributed by atoms with Gasteiger partial charge < -0.3 is 5.32 Å². The molecule has 0 amide bonds. The van der Waals surface area contributed by atoms with Gasteiger partial charge in [-0.05, 0) is 32.3 Å². The minimum Gasteiger partial charge on any atom is -0.310 e. The van der Waals surface area contributed by atoms with Gasteiger partial charge in [-0.2, -0.15) is 5.10 Å². The van der Waals surface area contributed by atoms with Crippen LogP contribution in [0.3, 0.4) is 0 Å². The van der Waals surface area contributed by atoms with Gasteiger partial charge in [0.2, 0.25) is 0 Å². The molecule has 0 atom stereocenters. The fourth-order valence-electron chi connectivity index (χ4n) is 2.24. The zero-order chi connectivity index (χ0) is 13.2. The minimum absolute atomic E-state index is 0.750. The van der Waals surface area contributed by atoms with Crippen molar-refractivity contribution in [3.63, 3.8) is 0 Å². The van der Waals surface area contributed by atoms with E-state index < -0.39 is 0 Å². The van der Waals surface area contributed by atoms with Gasteiger partial charge in [-0.3, -0.25) is 4.68 Å². The number of aromatic nitrogens is 2. The topological polar surface area (TPSA) is 29.9 Å². The molecule has 1 N–H and O–H groups in total. The van der Waals surface area contributed by atoms with Crippen LogP contribution in [-0.2, 0) is 13.1 Å². The van der Waals surface area contributed by atoms with Gasteiger partial charge in [0.15, 0.2) is 0 Å². The van der Waals surface area contributed by atoms with Crippen molar-refractivity contribution in [2.45, 2.75) is 45.8 Å². The van der Waals surface area contributed by atoms with E-state index in [1.165, 1.54) is 29.5 Å². The van der Waals surface area contributed by atoms with E-state index in [4.69, 9.17) is 0 Å². The van der Waals surface area contributed by atoms with Gasteiger partial charge in [0.05, 0.1) is 12.2 Å². The van der Waals surface area contributed by atoms with Crippen molar-refractivity contribution in [3.8, 4) is 0 Å². The van der Waals surface area contributed by atoms with Crippen LogP contribution >= 0.6 is 0 Å². The van der Waals surface area contributed by atoms with Crippen LogP contribution < -0.4 is 5.32 Å². The van der Waals surface area contributed by atoms with Gasteiger partial charge >= 0.3 is 0 Å². The third kappa shape index (κ3) is 3.24. The van der Waals surface area contributed by atoms with E-state index in [1.54, 1.807) is 0 Å². The number of rotatable bonds is 5. The third-order valence-electron chi connectivity index (χ3n) is 3.67. The lowest BCUT2D eigenvalue weighted by atomic mass is 10.1. The van der Waals surface area contributed by atoms with Crippen molar-refractivity contribution in [3.05, 3.63) is 52.8 Å². The number of hydrogen-bond acceptors (Lipinski definition) is 2. The highest BCUT2D eigenvalue weighted by molar-refractivity contribution is 5.22. The normalized spacial score (nSPS) is 14.8. The smallest absolute Gasteiger partial charge is 0.0659 e. The van der Waals surface area contributed by atoms with Crippen molar-refractivity contribution in [1.29, 1.82) is 0 Å². The second kappa shape index (κ2) is 5.17. The minimum atomic E-state index is 0.750. The van der Waals surface area contributed by atoms with Gasteiger partial charge in [0, 0.05) is 24.3 Å². The highest BCUT2D eigenvalue weighted by Gasteiger charge is 2.20. The largest absolute Gasteiger partial charge is 0.310 e. The molecule has 3 nitrogen and oxygen atoms in total. The lowest BCUT2D eigenvalue weighted by molar-refractivity contribution is 0.674. The molecule has 19 heavy (non-hydrogen) atoms. The molecule has 100 valence electrons. The SMILES string of the molecule is Cc1ccc(Cn2cc(CNC3CC3)c(C)n2)cc1. The Bertz CT molecular complexity index is 550. The summed E-state index contributed by atoms with van der Waals surface area (Å²) in [5.41, 5.74) is 5.06. The fraction of sp³-hybridized carbons (Fsp3) is 0.438. The molecule has 1 aliphatic carbocycles. The predicted octanol–water partition coefficient (Wildman–Crippen LogP) is 2.80. The second-order valence-corrected chi connectivity index (χ2v) is 5.58. The monoisotopic (exact) mass is 255 g/mol. The Morgan fingerprint density at radius 3 is 2.63 bits per heavy atom. The van der Waals surface area contributed by atoms with Crippen LogP contribution in [-0.4, -0.2) is 15.8 Å². The molecule has 0 spiro atoms. The van der Waals surface area contributed by atoms with Gasteiger partial charge in [0.1, 0.15) is 0 Å². The first-order chi connectivity index (χ1) is 9.20. The first-order valence-corrected chi connectivity index (χ1v) is 7.02. The molecule has 0 aliphatic heterocycles. The first kappa shape index (κ1) is 12.4. The van der Waals surface area contributed by atoms with Crippen molar-refractivity contribution < 1.29 is 0 Å². The van der Waals surface area contributed by atoms with Gasteiger partial charge in [-0.15, -0.1) is 0 Å². The van der Waals surface area contributed by atoms with E-state index in [-0.39, 0.29) is 0 Å². The summed E-state index contributed by atoms with van der Waals surface area (Å²) >= 11 is 0. The van der Waals surface area contributed by atoms with Crippen LogP contribution in [0.4, 0.5) is 0 Å². The van der Waals surface area contributed by atoms with E-state index in [9.17, 15) is 0 Å². The van der Waals surface area contributed by atoms with E-state index >= 15 is 0 Å². The zero-order valence-electron chi connectivity index (χ0n) is 11.7. The average Bonchev–Trinajstić information content (AvgIpc) is 3.15. The molecule has 3 heteroatoms. The molecule has 0 unspecified atom stereocenters. The van der Waals surface area contributed by atoms with E-state index in [0.29, 0.717) is 0 Å². The highest BCUT2D eigenvalue weighted by atomic mass is 15.3. The molecule has 0 radical (unpaired) electrons. The molecule has 1 aromatic carbocycles. The molecule has 1 aliphatic rings. The Kier molecular flexibility index (Phi) is 3.38. The zero-order valence-corrected chi connectivity index (χ0v) is 11.7.